The number of alkyl halides is 2. The Bertz CT molecular complexity index is 851. The Kier molecular flexibility index (Phi) is 7.33. The van der Waals surface area contributed by atoms with E-state index in [1.54, 1.807) is 5.38 Å². The summed E-state index contributed by atoms with van der Waals surface area (Å²) in [6, 6.07) is 3.92. The van der Waals surface area contributed by atoms with Crippen LogP contribution in [0.3, 0.4) is 0 Å². The van der Waals surface area contributed by atoms with Gasteiger partial charge in [-0.1, -0.05) is 13.8 Å². The van der Waals surface area contributed by atoms with Gasteiger partial charge in [-0.3, -0.25) is 4.79 Å². The molecular weight excluding hydrogens is 392 g/mol. The minimum atomic E-state index is -3.06. The monoisotopic (exact) mass is 413 g/mol. The lowest BCUT2D eigenvalue weighted by molar-refractivity contribution is -0.0512. The predicted octanol–water partition coefficient (Wildman–Crippen LogP) is 4.60. The molecule has 6 nitrogen and oxygen atoms in total. The van der Waals surface area contributed by atoms with Crippen LogP contribution in [-0.2, 0) is 11.2 Å². The zero-order valence-corrected chi connectivity index (χ0v) is 16.7. The molecule has 28 heavy (non-hydrogen) atoms. The van der Waals surface area contributed by atoms with Crippen LogP contribution in [0.25, 0.3) is 0 Å². The van der Waals surface area contributed by atoms with Crippen LogP contribution in [0.2, 0.25) is 0 Å². The van der Waals surface area contributed by atoms with Gasteiger partial charge < -0.3 is 19.5 Å². The van der Waals surface area contributed by atoms with Crippen molar-refractivity contribution in [1.82, 2.24) is 0 Å². The first-order valence-electron chi connectivity index (χ1n) is 8.39. The van der Waals surface area contributed by atoms with E-state index in [1.165, 1.54) is 37.7 Å². The second kappa shape index (κ2) is 9.50. The maximum atomic E-state index is 12.6. The summed E-state index contributed by atoms with van der Waals surface area (Å²) >= 11 is 1.20. The highest BCUT2D eigenvalue weighted by molar-refractivity contribution is 7.15. The van der Waals surface area contributed by atoms with Gasteiger partial charge in [0.15, 0.2) is 11.5 Å². The van der Waals surface area contributed by atoms with Crippen LogP contribution in [0.4, 0.5) is 13.8 Å². The number of halogens is 2. The van der Waals surface area contributed by atoms with E-state index in [1.807, 2.05) is 13.8 Å². The van der Waals surface area contributed by atoms with Gasteiger partial charge in [0.1, 0.15) is 5.00 Å². The van der Waals surface area contributed by atoms with E-state index in [0.29, 0.717) is 22.9 Å². The van der Waals surface area contributed by atoms with Crippen molar-refractivity contribution >= 4 is 28.2 Å². The first kappa shape index (κ1) is 21.6. The summed E-state index contributed by atoms with van der Waals surface area (Å²) in [5.41, 5.74) is 1.15. The van der Waals surface area contributed by atoms with Crippen LogP contribution in [0.5, 0.6) is 11.5 Å². The molecule has 1 heterocycles. The van der Waals surface area contributed by atoms with Gasteiger partial charge in [-0.25, -0.2) is 4.79 Å². The standard InChI is InChI=1S/C19H21F2NO5S/c1-10(2)7-12-9-28-17(15(12)18(24)26-4)22-16(23)11-5-6-13(25-3)14(8-11)27-19(20)21/h5-6,8-10,19H,7H2,1-4H3,(H,22,23). The highest BCUT2D eigenvalue weighted by atomic mass is 32.1. The van der Waals surface area contributed by atoms with Gasteiger partial charge in [-0.05, 0) is 41.5 Å². The van der Waals surface area contributed by atoms with Crippen LogP contribution < -0.4 is 14.8 Å². The minimum absolute atomic E-state index is 0.0717. The molecule has 1 aromatic heterocycles. The number of esters is 1. The highest BCUT2D eigenvalue weighted by Gasteiger charge is 2.23. The molecule has 9 heteroatoms. The third-order valence-electron chi connectivity index (χ3n) is 3.75. The number of methoxy groups -OCH3 is 2. The van der Waals surface area contributed by atoms with Crippen molar-refractivity contribution in [3.05, 3.63) is 40.3 Å². The number of anilines is 1. The lowest BCUT2D eigenvalue weighted by Gasteiger charge is -2.12. The fourth-order valence-corrected chi connectivity index (χ4v) is 3.54. The summed E-state index contributed by atoms with van der Waals surface area (Å²) in [6.45, 7) is 0.964. The first-order chi connectivity index (χ1) is 13.3. The summed E-state index contributed by atoms with van der Waals surface area (Å²) in [6.07, 6.45) is 0.645. The Morgan fingerprint density at radius 2 is 1.89 bits per heavy atom. The highest BCUT2D eigenvalue weighted by Crippen LogP contribution is 2.33. The van der Waals surface area contributed by atoms with Crippen molar-refractivity contribution in [2.75, 3.05) is 19.5 Å². The molecular formula is C19H21F2NO5S. The number of amides is 1. The van der Waals surface area contributed by atoms with Crippen molar-refractivity contribution in [3.63, 3.8) is 0 Å². The number of hydrogen-bond acceptors (Lipinski definition) is 6. The normalized spacial score (nSPS) is 10.9. The second-order valence-electron chi connectivity index (χ2n) is 6.25. The summed E-state index contributed by atoms with van der Waals surface area (Å²) < 4.78 is 39.3. The summed E-state index contributed by atoms with van der Waals surface area (Å²) in [5.74, 6) is -1.02. The van der Waals surface area contributed by atoms with Crippen LogP contribution >= 0.6 is 11.3 Å². The van der Waals surface area contributed by atoms with Crippen molar-refractivity contribution in [1.29, 1.82) is 0 Å². The molecule has 0 spiro atoms. The van der Waals surface area contributed by atoms with E-state index >= 15 is 0 Å². The van der Waals surface area contributed by atoms with Gasteiger partial charge in [-0.15, -0.1) is 11.3 Å². The predicted molar refractivity (Wildman–Crippen MR) is 102 cm³/mol. The Morgan fingerprint density at radius 3 is 2.46 bits per heavy atom. The largest absolute Gasteiger partial charge is 0.493 e. The molecule has 0 unspecified atom stereocenters. The number of carbonyl (C=O) groups excluding carboxylic acids is 2. The number of rotatable bonds is 8. The molecule has 1 N–H and O–H groups in total. The molecule has 0 aliphatic heterocycles. The van der Waals surface area contributed by atoms with Gasteiger partial charge in [0.2, 0.25) is 0 Å². The smallest absolute Gasteiger partial charge is 0.387 e. The maximum Gasteiger partial charge on any atom is 0.387 e. The third kappa shape index (κ3) is 5.19. The number of benzene rings is 1. The number of thiophene rings is 1. The fourth-order valence-electron chi connectivity index (χ4n) is 2.58. The van der Waals surface area contributed by atoms with Gasteiger partial charge in [-0.2, -0.15) is 8.78 Å². The summed E-state index contributed by atoms with van der Waals surface area (Å²) in [5, 5.41) is 4.77. The van der Waals surface area contributed by atoms with Gasteiger partial charge in [0.25, 0.3) is 5.91 Å². The van der Waals surface area contributed by atoms with E-state index < -0.39 is 18.5 Å². The molecule has 0 atom stereocenters. The number of carbonyl (C=O) groups is 2. The summed E-state index contributed by atoms with van der Waals surface area (Å²) in [7, 11) is 2.57. The first-order valence-corrected chi connectivity index (χ1v) is 9.27. The minimum Gasteiger partial charge on any atom is -0.493 e. The van der Waals surface area contributed by atoms with Gasteiger partial charge in [0, 0.05) is 5.56 Å². The molecule has 2 aromatic rings. The van der Waals surface area contributed by atoms with E-state index in [-0.39, 0.29) is 17.1 Å². The zero-order valence-electron chi connectivity index (χ0n) is 15.9. The zero-order chi connectivity index (χ0) is 20.8. The second-order valence-corrected chi connectivity index (χ2v) is 7.13. The van der Waals surface area contributed by atoms with Crippen LogP contribution in [0.1, 0.15) is 40.1 Å². The molecule has 0 aliphatic carbocycles. The third-order valence-corrected chi connectivity index (χ3v) is 4.70. The molecule has 0 fully saturated rings. The SMILES string of the molecule is COC(=O)c1c(CC(C)C)csc1NC(=O)c1ccc(OC)c(OC(F)F)c1. The summed E-state index contributed by atoms with van der Waals surface area (Å²) in [4.78, 5) is 24.8. The molecule has 0 aliphatic rings. The van der Waals surface area contributed by atoms with Crippen molar-refractivity contribution in [2.45, 2.75) is 26.9 Å². The van der Waals surface area contributed by atoms with E-state index in [0.717, 1.165) is 11.6 Å². The topological polar surface area (TPSA) is 73.9 Å². The molecule has 0 radical (unpaired) electrons. The molecule has 1 aromatic carbocycles. The van der Waals surface area contributed by atoms with Gasteiger partial charge in [0.05, 0.1) is 19.8 Å². The quantitative estimate of drug-likeness (QED) is 0.641. The van der Waals surface area contributed by atoms with Crippen molar-refractivity contribution < 1.29 is 32.6 Å². The van der Waals surface area contributed by atoms with E-state index in [4.69, 9.17) is 9.47 Å². The average Bonchev–Trinajstić information content (AvgIpc) is 3.01. The Hall–Kier alpha value is -2.68. The lowest BCUT2D eigenvalue weighted by atomic mass is 10.0. The molecule has 1 amide bonds. The molecule has 0 bridgehead atoms. The van der Waals surface area contributed by atoms with Crippen molar-refractivity contribution in [3.8, 4) is 11.5 Å². The fraction of sp³-hybridized carbons (Fsp3) is 0.368. The van der Waals surface area contributed by atoms with E-state index in [9.17, 15) is 18.4 Å². The Balaban J connectivity index is 2.32. The van der Waals surface area contributed by atoms with Crippen molar-refractivity contribution in [2.24, 2.45) is 5.92 Å². The number of ether oxygens (including phenoxy) is 3. The Morgan fingerprint density at radius 1 is 1.18 bits per heavy atom. The molecule has 152 valence electrons. The van der Waals surface area contributed by atoms with Crippen LogP contribution in [0.15, 0.2) is 23.6 Å². The average molecular weight is 413 g/mol. The van der Waals surface area contributed by atoms with E-state index in [2.05, 4.69) is 10.1 Å². The lowest BCUT2D eigenvalue weighted by Crippen LogP contribution is -2.15. The number of hydrogen-bond donors (Lipinski definition) is 1. The van der Waals surface area contributed by atoms with Gasteiger partial charge >= 0.3 is 12.6 Å². The molecule has 0 saturated carbocycles. The van der Waals surface area contributed by atoms with Crippen LogP contribution in [-0.4, -0.2) is 32.7 Å². The molecule has 0 saturated heterocycles. The number of nitrogens with one attached hydrogen (secondary N) is 1. The maximum absolute atomic E-state index is 12.6. The molecule has 2 rings (SSSR count). The Labute approximate surface area is 165 Å². The van der Waals surface area contributed by atoms with Crippen LogP contribution in [0, 0.1) is 5.92 Å².